The van der Waals surface area contributed by atoms with Gasteiger partial charge in [-0.15, -0.1) is 0 Å². The van der Waals surface area contributed by atoms with Gasteiger partial charge in [-0.25, -0.2) is 9.78 Å². The Labute approximate surface area is 119 Å². The van der Waals surface area contributed by atoms with Crippen molar-refractivity contribution in [3.8, 4) is 0 Å². The fourth-order valence-electron chi connectivity index (χ4n) is 1.49. The number of anilines is 2. The molecule has 0 fully saturated rings. The summed E-state index contributed by atoms with van der Waals surface area (Å²) in [5.74, 6) is -0.0356. The molecule has 1 aromatic heterocycles. The van der Waals surface area contributed by atoms with Crippen LogP contribution < -0.4 is 5.32 Å². The van der Waals surface area contributed by atoms with E-state index in [2.05, 4.69) is 36.0 Å². The maximum atomic E-state index is 11.4. The molecule has 1 heterocycles. The molecule has 0 aliphatic heterocycles. The van der Waals surface area contributed by atoms with E-state index >= 15 is 0 Å². The van der Waals surface area contributed by atoms with E-state index in [4.69, 9.17) is 0 Å². The van der Waals surface area contributed by atoms with Crippen LogP contribution in [-0.4, -0.2) is 23.0 Å². The van der Waals surface area contributed by atoms with Gasteiger partial charge in [0.05, 0.1) is 25.2 Å². The largest absolute Gasteiger partial charge is 0.464 e. The number of methoxy groups -OCH3 is 1. The molecule has 0 amide bonds. The van der Waals surface area contributed by atoms with Gasteiger partial charge in [-0.3, -0.25) is 4.98 Å². The van der Waals surface area contributed by atoms with Crippen LogP contribution in [0.15, 0.2) is 35.1 Å². The molecule has 6 heteroatoms. The first-order valence-corrected chi connectivity index (χ1v) is 6.33. The number of esters is 1. The van der Waals surface area contributed by atoms with E-state index in [1.807, 2.05) is 25.1 Å². The minimum Gasteiger partial charge on any atom is -0.464 e. The molecular formula is C13H12BrN3O2. The quantitative estimate of drug-likeness (QED) is 0.880. The number of carbonyl (C=O) groups is 1. The zero-order valence-corrected chi connectivity index (χ0v) is 12.1. The van der Waals surface area contributed by atoms with Gasteiger partial charge in [0.2, 0.25) is 0 Å². The maximum Gasteiger partial charge on any atom is 0.358 e. The van der Waals surface area contributed by atoms with Gasteiger partial charge in [-0.1, -0.05) is 6.07 Å². The second-order valence-corrected chi connectivity index (χ2v) is 4.74. The second-order valence-electron chi connectivity index (χ2n) is 3.89. The molecule has 1 N–H and O–H groups in total. The van der Waals surface area contributed by atoms with Crippen LogP contribution >= 0.6 is 15.9 Å². The lowest BCUT2D eigenvalue weighted by molar-refractivity contribution is 0.0593. The second kappa shape index (κ2) is 5.79. The summed E-state index contributed by atoms with van der Waals surface area (Å²) in [6.07, 6.45) is 2.90. The Hall–Kier alpha value is -1.95. The summed E-state index contributed by atoms with van der Waals surface area (Å²) in [5, 5.41) is 3.09. The molecule has 19 heavy (non-hydrogen) atoms. The number of benzene rings is 1. The molecule has 0 radical (unpaired) electrons. The van der Waals surface area contributed by atoms with Gasteiger partial charge >= 0.3 is 5.97 Å². The minimum atomic E-state index is -0.515. The molecule has 2 rings (SSSR count). The molecule has 0 unspecified atom stereocenters. The Kier molecular flexibility index (Phi) is 4.11. The third-order valence-corrected chi connectivity index (χ3v) is 3.07. The average molecular weight is 322 g/mol. The highest BCUT2D eigenvalue weighted by molar-refractivity contribution is 9.10. The summed E-state index contributed by atoms with van der Waals surface area (Å²) >= 11 is 3.46. The van der Waals surface area contributed by atoms with E-state index in [0.717, 1.165) is 15.7 Å². The third kappa shape index (κ3) is 3.29. The Morgan fingerprint density at radius 2 is 2.16 bits per heavy atom. The fraction of sp³-hybridized carbons (Fsp3) is 0.154. The summed E-state index contributed by atoms with van der Waals surface area (Å²) in [7, 11) is 1.31. The van der Waals surface area contributed by atoms with Gasteiger partial charge in [0.1, 0.15) is 5.82 Å². The molecule has 2 aromatic rings. The van der Waals surface area contributed by atoms with E-state index in [0.29, 0.717) is 5.82 Å². The van der Waals surface area contributed by atoms with Gasteiger partial charge < -0.3 is 10.1 Å². The number of nitrogens with one attached hydrogen (secondary N) is 1. The zero-order chi connectivity index (χ0) is 13.8. The van der Waals surface area contributed by atoms with Crippen molar-refractivity contribution in [2.24, 2.45) is 0 Å². The summed E-state index contributed by atoms with van der Waals surface area (Å²) in [4.78, 5) is 19.5. The highest BCUT2D eigenvalue weighted by Crippen LogP contribution is 2.25. The number of nitrogens with zero attached hydrogens (tertiary/aromatic N) is 2. The van der Waals surface area contributed by atoms with Crippen molar-refractivity contribution >= 4 is 33.4 Å². The molecule has 1 aromatic carbocycles. The number of rotatable bonds is 3. The van der Waals surface area contributed by atoms with Crippen molar-refractivity contribution in [3.63, 3.8) is 0 Å². The topological polar surface area (TPSA) is 64.1 Å². The predicted octanol–water partition coefficient (Wildman–Crippen LogP) is 3.08. The number of halogens is 1. The normalized spacial score (nSPS) is 10.1. The summed E-state index contributed by atoms with van der Waals surface area (Å²) in [6.45, 7) is 2.01. The van der Waals surface area contributed by atoms with E-state index in [1.165, 1.54) is 13.3 Å². The molecule has 0 saturated carbocycles. The van der Waals surface area contributed by atoms with Crippen molar-refractivity contribution in [1.29, 1.82) is 0 Å². The van der Waals surface area contributed by atoms with Crippen molar-refractivity contribution in [3.05, 3.63) is 46.3 Å². The molecule has 0 saturated heterocycles. The zero-order valence-electron chi connectivity index (χ0n) is 10.5. The van der Waals surface area contributed by atoms with E-state index < -0.39 is 5.97 Å². The fourth-order valence-corrected chi connectivity index (χ4v) is 2.08. The Morgan fingerprint density at radius 3 is 2.84 bits per heavy atom. The molecule has 0 aliphatic rings. The number of carbonyl (C=O) groups excluding carboxylic acids is 1. The van der Waals surface area contributed by atoms with Crippen molar-refractivity contribution in [2.75, 3.05) is 12.4 Å². The molecule has 0 aliphatic carbocycles. The minimum absolute atomic E-state index is 0.163. The van der Waals surface area contributed by atoms with E-state index in [1.54, 1.807) is 6.20 Å². The molecular weight excluding hydrogens is 310 g/mol. The Morgan fingerprint density at radius 1 is 1.37 bits per heavy atom. The molecule has 5 nitrogen and oxygen atoms in total. The lowest BCUT2D eigenvalue weighted by Crippen LogP contribution is -2.06. The van der Waals surface area contributed by atoms with Gasteiger partial charge in [-0.05, 0) is 40.5 Å². The third-order valence-electron chi connectivity index (χ3n) is 2.42. The number of aromatic nitrogens is 2. The maximum absolute atomic E-state index is 11.4. The van der Waals surface area contributed by atoms with Gasteiger partial charge in [-0.2, -0.15) is 0 Å². The summed E-state index contributed by atoms with van der Waals surface area (Å²) in [6, 6.07) is 5.89. The lowest BCUT2D eigenvalue weighted by atomic mass is 10.2. The number of ether oxygens (including phenoxy) is 1. The standard InChI is InChI=1S/C13H12BrN3O2/c1-8-3-4-10(9(14)5-8)16-12-7-15-6-11(17-12)13(18)19-2/h3-7H,1-2H3,(H,16,17). The van der Waals surface area contributed by atoms with E-state index in [9.17, 15) is 4.79 Å². The van der Waals surface area contributed by atoms with Crippen molar-refractivity contribution < 1.29 is 9.53 Å². The van der Waals surface area contributed by atoms with Crippen LogP contribution in [0.4, 0.5) is 11.5 Å². The molecule has 0 bridgehead atoms. The monoisotopic (exact) mass is 321 g/mol. The van der Waals surface area contributed by atoms with Crippen LogP contribution in [0.5, 0.6) is 0 Å². The number of aryl methyl sites for hydroxylation is 1. The summed E-state index contributed by atoms with van der Waals surface area (Å²) in [5.41, 5.74) is 2.16. The molecule has 0 spiro atoms. The first kappa shape index (κ1) is 13.5. The lowest BCUT2D eigenvalue weighted by Gasteiger charge is -2.08. The van der Waals surface area contributed by atoms with Crippen LogP contribution in [0.25, 0.3) is 0 Å². The van der Waals surface area contributed by atoms with Crippen molar-refractivity contribution in [1.82, 2.24) is 9.97 Å². The van der Waals surface area contributed by atoms with Crippen LogP contribution in [0, 0.1) is 6.92 Å². The van der Waals surface area contributed by atoms with Crippen LogP contribution in [0.3, 0.4) is 0 Å². The van der Waals surface area contributed by atoms with Gasteiger partial charge in [0.15, 0.2) is 5.69 Å². The smallest absolute Gasteiger partial charge is 0.358 e. The SMILES string of the molecule is COC(=O)c1cncc(Nc2ccc(C)cc2Br)n1. The first-order valence-electron chi connectivity index (χ1n) is 5.53. The molecule has 0 atom stereocenters. The number of hydrogen-bond acceptors (Lipinski definition) is 5. The van der Waals surface area contributed by atoms with E-state index in [-0.39, 0.29) is 5.69 Å². The van der Waals surface area contributed by atoms with Crippen LogP contribution in [0.2, 0.25) is 0 Å². The van der Waals surface area contributed by atoms with Gasteiger partial charge in [0, 0.05) is 4.47 Å². The van der Waals surface area contributed by atoms with Gasteiger partial charge in [0.25, 0.3) is 0 Å². The predicted molar refractivity (Wildman–Crippen MR) is 75.5 cm³/mol. The summed E-state index contributed by atoms with van der Waals surface area (Å²) < 4.78 is 5.52. The average Bonchev–Trinajstić information content (AvgIpc) is 2.41. The highest BCUT2D eigenvalue weighted by Gasteiger charge is 2.09. The van der Waals surface area contributed by atoms with Crippen molar-refractivity contribution in [2.45, 2.75) is 6.92 Å². The highest BCUT2D eigenvalue weighted by atomic mass is 79.9. The van der Waals surface area contributed by atoms with Crippen LogP contribution in [-0.2, 0) is 4.74 Å². The molecule has 98 valence electrons. The first-order chi connectivity index (χ1) is 9.10. The Bertz CT molecular complexity index is 617. The van der Waals surface area contributed by atoms with Crippen LogP contribution in [0.1, 0.15) is 16.1 Å². The number of hydrogen-bond donors (Lipinski definition) is 1. The Balaban J connectivity index is 2.26.